The number of aliphatic hydroxyl groups is 1. The Morgan fingerprint density at radius 1 is 1.11 bits per heavy atom. The molecule has 3 aromatic heterocycles. The van der Waals surface area contributed by atoms with Gasteiger partial charge in [0, 0.05) is 38.4 Å². The fraction of sp³-hybridized carbons (Fsp3) is 0.407. The van der Waals surface area contributed by atoms with Gasteiger partial charge < -0.3 is 5.11 Å². The average molecular weight is 514 g/mol. The van der Waals surface area contributed by atoms with Crippen molar-refractivity contribution in [2.75, 3.05) is 19.6 Å². The predicted molar refractivity (Wildman–Crippen MR) is 133 cm³/mol. The second-order valence-corrected chi connectivity index (χ2v) is 10.1. The molecule has 10 heteroatoms. The van der Waals surface area contributed by atoms with Gasteiger partial charge in [-0.3, -0.25) is 14.7 Å². The zero-order valence-electron chi connectivity index (χ0n) is 21.3. The lowest BCUT2D eigenvalue weighted by Gasteiger charge is -2.31. The van der Waals surface area contributed by atoms with E-state index in [4.69, 9.17) is 0 Å². The third-order valence-corrected chi connectivity index (χ3v) is 6.31. The van der Waals surface area contributed by atoms with Crippen molar-refractivity contribution in [3.8, 4) is 5.82 Å². The number of hydrogen-bond donors (Lipinski definition) is 1. The molecule has 3 aromatic rings. The molecule has 196 valence electrons. The van der Waals surface area contributed by atoms with E-state index in [-0.39, 0.29) is 18.0 Å². The number of rotatable bonds is 7. The molecule has 0 saturated carbocycles. The van der Waals surface area contributed by atoms with E-state index in [0.29, 0.717) is 17.8 Å². The predicted octanol–water partition coefficient (Wildman–Crippen LogP) is 4.58. The highest BCUT2D eigenvalue weighted by Gasteiger charge is 2.31. The van der Waals surface area contributed by atoms with E-state index in [1.165, 1.54) is 16.9 Å². The Hall–Kier alpha value is -3.37. The Bertz CT molecular complexity index is 1320. The first-order valence-electron chi connectivity index (χ1n) is 12.0. The van der Waals surface area contributed by atoms with Crippen molar-refractivity contribution in [3.63, 3.8) is 0 Å². The van der Waals surface area contributed by atoms with E-state index in [9.17, 15) is 23.1 Å². The number of aryl methyl sites for hydroxylation is 1. The van der Waals surface area contributed by atoms with Crippen LogP contribution in [0.15, 0.2) is 42.9 Å². The molecule has 1 N–H and O–H groups in total. The van der Waals surface area contributed by atoms with Crippen LogP contribution in [0.2, 0.25) is 0 Å². The largest absolute Gasteiger partial charge is 0.417 e. The van der Waals surface area contributed by atoms with Crippen molar-refractivity contribution in [2.24, 2.45) is 0 Å². The van der Waals surface area contributed by atoms with E-state index in [1.54, 1.807) is 27.0 Å². The van der Waals surface area contributed by atoms with Crippen LogP contribution in [-0.4, -0.2) is 60.8 Å². The maximum absolute atomic E-state index is 13.0. The van der Waals surface area contributed by atoms with Crippen LogP contribution in [-0.2, 0) is 12.6 Å². The number of aromatic nitrogens is 4. The first-order chi connectivity index (χ1) is 17.3. The summed E-state index contributed by atoms with van der Waals surface area (Å²) in [4.78, 5) is 23.7. The molecule has 0 aliphatic carbocycles. The minimum Gasteiger partial charge on any atom is -0.389 e. The van der Waals surface area contributed by atoms with Gasteiger partial charge in [-0.25, -0.2) is 9.67 Å². The van der Waals surface area contributed by atoms with Crippen LogP contribution < -0.4 is 0 Å². The first kappa shape index (κ1) is 26.7. The normalized spacial score (nSPS) is 15.1. The molecule has 0 aromatic carbocycles. The van der Waals surface area contributed by atoms with Gasteiger partial charge >= 0.3 is 6.18 Å². The number of nitrogens with zero attached hydrogens (tertiary/aromatic N) is 5. The molecule has 1 aliphatic rings. The SMILES string of the molecule is Cc1cc(CC(=O)c2cnn(-c3ccc(C(F)(F)F)cn3)c2C)cnc1C1=CCN(CC(C)(C)O)CC1. The molecule has 4 rings (SSSR count). The molecule has 0 bridgehead atoms. The molecule has 7 nitrogen and oxygen atoms in total. The third-order valence-electron chi connectivity index (χ3n) is 6.31. The lowest BCUT2D eigenvalue weighted by atomic mass is 9.97. The van der Waals surface area contributed by atoms with Gasteiger partial charge in [0.15, 0.2) is 11.6 Å². The van der Waals surface area contributed by atoms with E-state index in [0.717, 1.165) is 54.2 Å². The molecular formula is C27H30F3N5O2. The zero-order chi connectivity index (χ0) is 27.0. The fourth-order valence-corrected chi connectivity index (χ4v) is 4.56. The molecule has 37 heavy (non-hydrogen) atoms. The van der Waals surface area contributed by atoms with Gasteiger partial charge in [-0.05, 0) is 62.9 Å². The summed E-state index contributed by atoms with van der Waals surface area (Å²) >= 11 is 0. The summed E-state index contributed by atoms with van der Waals surface area (Å²) in [7, 11) is 0. The maximum atomic E-state index is 13.0. The molecule has 0 saturated heterocycles. The Balaban J connectivity index is 1.45. The van der Waals surface area contributed by atoms with Gasteiger partial charge in [-0.15, -0.1) is 0 Å². The molecular weight excluding hydrogens is 483 g/mol. The van der Waals surface area contributed by atoms with Crippen LogP contribution in [0.25, 0.3) is 11.4 Å². The van der Waals surface area contributed by atoms with Gasteiger partial charge in [-0.2, -0.15) is 18.3 Å². The number of pyridine rings is 2. The van der Waals surface area contributed by atoms with Gasteiger partial charge in [0.25, 0.3) is 0 Å². The van der Waals surface area contributed by atoms with Crippen molar-refractivity contribution < 1.29 is 23.1 Å². The first-order valence-corrected chi connectivity index (χ1v) is 12.0. The minimum atomic E-state index is -4.47. The number of ketones is 1. The lowest BCUT2D eigenvalue weighted by molar-refractivity contribution is -0.137. The zero-order valence-corrected chi connectivity index (χ0v) is 21.3. The fourth-order valence-electron chi connectivity index (χ4n) is 4.56. The molecule has 0 amide bonds. The molecule has 4 heterocycles. The van der Waals surface area contributed by atoms with Crippen molar-refractivity contribution in [1.82, 2.24) is 24.6 Å². The highest BCUT2D eigenvalue weighted by molar-refractivity contribution is 5.98. The summed E-state index contributed by atoms with van der Waals surface area (Å²) in [5.74, 6) is 0.0389. The Kier molecular flexibility index (Phi) is 7.34. The van der Waals surface area contributed by atoms with E-state index < -0.39 is 17.3 Å². The second-order valence-electron chi connectivity index (χ2n) is 10.1. The molecule has 0 atom stereocenters. The number of β-amino-alcohol motifs (C(OH)–C–C–N with tert-alkyl or cyclic N) is 1. The molecule has 0 spiro atoms. The number of carbonyl (C=O) groups is 1. The Morgan fingerprint density at radius 2 is 1.86 bits per heavy atom. The van der Waals surface area contributed by atoms with Crippen LogP contribution in [0.3, 0.4) is 0 Å². The maximum Gasteiger partial charge on any atom is 0.417 e. The van der Waals surface area contributed by atoms with Crippen LogP contribution in [0.4, 0.5) is 13.2 Å². The Labute approximate surface area is 213 Å². The summed E-state index contributed by atoms with van der Waals surface area (Å²) in [6, 6.07) is 4.13. The van der Waals surface area contributed by atoms with Crippen LogP contribution in [0, 0.1) is 13.8 Å². The number of halogens is 3. The average Bonchev–Trinajstić information content (AvgIpc) is 3.20. The summed E-state index contributed by atoms with van der Waals surface area (Å²) in [5.41, 5.74) is 3.11. The van der Waals surface area contributed by atoms with E-state index >= 15 is 0 Å². The highest BCUT2D eigenvalue weighted by Crippen LogP contribution is 2.29. The molecule has 0 radical (unpaired) electrons. The third kappa shape index (κ3) is 6.31. The van der Waals surface area contributed by atoms with Gasteiger partial charge in [0.2, 0.25) is 0 Å². The van der Waals surface area contributed by atoms with Crippen LogP contribution in [0.1, 0.15) is 58.7 Å². The van der Waals surface area contributed by atoms with Gasteiger partial charge in [-0.1, -0.05) is 12.1 Å². The number of hydrogen-bond acceptors (Lipinski definition) is 6. The minimum absolute atomic E-state index is 0.125. The monoisotopic (exact) mass is 513 g/mol. The smallest absolute Gasteiger partial charge is 0.389 e. The molecule has 1 aliphatic heterocycles. The standard InChI is InChI=1S/C27H30F3N5O2/c1-17-11-19(13-32-25(17)20-7-9-34(10-8-20)16-26(3,4)37)12-23(36)22-15-33-35(18(22)2)24-6-5-21(14-31-24)27(28,29)30/h5-7,11,13-15,37H,8-10,12,16H2,1-4H3. The van der Waals surface area contributed by atoms with Crippen LogP contribution >= 0.6 is 0 Å². The van der Waals surface area contributed by atoms with Crippen molar-refractivity contribution >= 4 is 11.4 Å². The summed E-state index contributed by atoms with van der Waals surface area (Å²) in [6.07, 6.45) is 2.50. The van der Waals surface area contributed by atoms with E-state index in [1.807, 2.05) is 13.0 Å². The lowest BCUT2D eigenvalue weighted by Crippen LogP contribution is -2.40. The highest BCUT2D eigenvalue weighted by atomic mass is 19.4. The van der Waals surface area contributed by atoms with Gasteiger partial charge in [0.1, 0.15) is 0 Å². The van der Waals surface area contributed by atoms with E-state index in [2.05, 4.69) is 26.0 Å². The topological polar surface area (TPSA) is 84.1 Å². The van der Waals surface area contributed by atoms with Crippen molar-refractivity contribution in [3.05, 3.63) is 76.5 Å². The number of Topliss-reactive ketones (excluding diaryl/α,β-unsaturated/α-hetero) is 1. The van der Waals surface area contributed by atoms with Crippen molar-refractivity contribution in [1.29, 1.82) is 0 Å². The summed E-state index contributed by atoms with van der Waals surface area (Å²) in [6.45, 7) is 9.45. The number of carbonyl (C=O) groups excluding carboxylic acids is 1. The molecule has 0 fully saturated rings. The van der Waals surface area contributed by atoms with Crippen LogP contribution in [0.5, 0.6) is 0 Å². The summed E-state index contributed by atoms with van der Waals surface area (Å²) < 4.78 is 39.8. The quantitative estimate of drug-likeness (QED) is 0.466. The Morgan fingerprint density at radius 3 is 2.43 bits per heavy atom. The second kappa shape index (κ2) is 10.2. The number of alkyl halides is 3. The van der Waals surface area contributed by atoms with Gasteiger partial charge in [0.05, 0.1) is 34.3 Å². The molecule has 0 unspecified atom stereocenters. The summed E-state index contributed by atoms with van der Waals surface area (Å²) in [5, 5.41) is 14.2. The van der Waals surface area contributed by atoms with Crippen molar-refractivity contribution in [2.45, 2.75) is 52.3 Å².